The fourth-order valence-corrected chi connectivity index (χ4v) is 3.88. The van der Waals surface area contributed by atoms with E-state index in [4.69, 9.17) is 4.74 Å². The standard InChI is InChI=1S/C27H26N2O3/c1-19-12-14-21-17-22(15-13-20-8-4-3-5-9-20)27(31)29(24(21)16-19)18-26(30)28-23-10-6-7-11-25(23)32-2/h3-12,14,16-17H,13,15,18H2,1-2H3,(H,28,30). The van der Waals surface area contributed by atoms with Crippen LogP contribution in [0.5, 0.6) is 5.75 Å². The number of hydrogen-bond acceptors (Lipinski definition) is 3. The van der Waals surface area contributed by atoms with E-state index < -0.39 is 0 Å². The largest absolute Gasteiger partial charge is 0.495 e. The van der Waals surface area contributed by atoms with E-state index in [9.17, 15) is 9.59 Å². The highest BCUT2D eigenvalue weighted by molar-refractivity contribution is 5.93. The van der Waals surface area contributed by atoms with Gasteiger partial charge in [0.05, 0.1) is 18.3 Å². The number of pyridine rings is 1. The summed E-state index contributed by atoms with van der Waals surface area (Å²) in [7, 11) is 1.56. The van der Waals surface area contributed by atoms with E-state index in [2.05, 4.69) is 17.4 Å². The minimum absolute atomic E-state index is 0.0734. The maximum Gasteiger partial charge on any atom is 0.254 e. The van der Waals surface area contributed by atoms with Crippen LogP contribution in [-0.4, -0.2) is 17.6 Å². The van der Waals surface area contributed by atoms with E-state index in [0.29, 0.717) is 23.4 Å². The molecule has 0 aliphatic rings. The zero-order valence-corrected chi connectivity index (χ0v) is 18.3. The Morgan fingerprint density at radius 3 is 2.47 bits per heavy atom. The molecular formula is C27H26N2O3. The molecule has 0 aliphatic carbocycles. The lowest BCUT2D eigenvalue weighted by Crippen LogP contribution is -2.30. The third kappa shape index (κ3) is 4.72. The van der Waals surface area contributed by atoms with Crippen molar-refractivity contribution in [2.75, 3.05) is 12.4 Å². The van der Waals surface area contributed by atoms with Gasteiger partial charge in [-0.1, -0.05) is 54.6 Å². The molecule has 3 aromatic carbocycles. The van der Waals surface area contributed by atoms with Crippen LogP contribution in [0.2, 0.25) is 0 Å². The molecule has 1 amide bonds. The van der Waals surface area contributed by atoms with E-state index in [-0.39, 0.29) is 18.0 Å². The highest BCUT2D eigenvalue weighted by Crippen LogP contribution is 2.23. The molecule has 4 aromatic rings. The number of rotatable bonds is 7. The number of aromatic nitrogens is 1. The van der Waals surface area contributed by atoms with Gasteiger partial charge in [-0.3, -0.25) is 14.2 Å². The smallest absolute Gasteiger partial charge is 0.254 e. The minimum atomic E-state index is -0.278. The van der Waals surface area contributed by atoms with Crippen molar-refractivity contribution in [2.24, 2.45) is 0 Å². The van der Waals surface area contributed by atoms with Crippen LogP contribution in [0.1, 0.15) is 16.7 Å². The monoisotopic (exact) mass is 426 g/mol. The van der Waals surface area contributed by atoms with Gasteiger partial charge in [-0.25, -0.2) is 0 Å². The summed E-state index contributed by atoms with van der Waals surface area (Å²) in [4.78, 5) is 26.3. The van der Waals surface area contributed by atoms with Gasteiger partial charge in [0.1, 0.15) is 12.3 Å². The van der Waals surface area contributed by atoms with Crippen LogP contribution in [0.15, 0.2) is 83.7 Å². The molecule has 0 atom stereocenters. The molecule has 0 unspecified atom stereocenters. The van der Waals surface area contributed by atoms with Crippen molar-refractivity contribution in [1.29, 1.82) is 0 Å². The highest BCUT2D eigenvalue weighted by atomic mass is 16.5. The topological polar surface area (TPSA) is 60.3 Å². The quantitative estimate of drug-likeness (QED) is 0.464. The fourth-order valence-electron chi connectivity index (χ4n) is 3.88. The van der Waals surface area contributed by atoms with Crippen LogP contribution in [0, 0.1) is 6.92 Å². The lowest BCUT2D eigenvalue weighted by Gasteiger charge is -2.15. The molecular weight excluding hydrogens is 400 g/mol. The van der Waals surface area contributed by atoms with E-state index >= 15 is 0 Å². The molecule has 5 nitrogen and oxygen atoms in total. The number of para-hydroxylation sites is 2. The maximum atomic E-state index is 13.4. The lowest BCUT2D eigenvalue weighted by molar-refractivity contribution is -0.116. The third-order valence-electron chi connectivity index (χ3n) is 5.53. The Labute approximate surface area is 187 Å². The minimum Gasteiger partial charge on any atom is -0.495 e. The molecule has 0 aliphatic heterocycles. The number of hydrogen-bond donors (Lipinski definition) is 1. The Hall–Kier alpha value is -3.86. The molecule has 1 N–H and O–H groups in total. The highest BCUT2D eigenvalue weighted by Gasteiger charge is 2.14. The van der Waals surface area contributed by atoms with Gasteiger partial charge in [0, 0.05) is 5.56 Å². The molecule has 4 rings (SSSR count). The second-order valence-corrected chi connectivity index (χ2v) is 7.86. The summed E-state index contributed by atoms with van der Waals surface area (Å²) < 4.78 is 6.89. The maximum absolute atomic E-state index is 13.4. The number of ether oxygens (including phenoxy) is 1. The first kappa shape index (κ1) is 21.4. The van der Waals surface area contributed by atoms with Crippen LogP contribution >= 0.6 is 0 Å². The summed E-state index contributed by atoms with van der Waals surface area (Å²) >= 11 is 0. The van der Waals surface area contributed by atoms with E-state index in [1.54, 1.807) is 23.8 Å². The second kappa shape index (κ2) is 9.52. The Balaban J connectivity index is 1.67. The number of nitrogens with one attached hydrogen (secondary N) is 1. The Morgan fingerprint density at radius 2 is 1.69 bits per heavy atom. The van der Waals surface area contributed by atoms with Crippen LogP contribution in [-0.2, 0) is 24.2 Å². The fraction of sp³-hybridized carbons (Fsp3) is 0.185. The van der Waals surface area contributed by atoms with Gasteiger partial charge in [-0.2, -0.15) is 0 Å². The first-order valence-corrected chi connectivity index (χ1v) is 10.6. The number of methoxy groups -OCH3 is 1. The number of fused-ring (bicyclic) bond motifs is 1. The molecule has 1 heterocycles. The zero-order valence-electron chi connectivity index (χ0n) is 18.3. The zero-order chi connectivity index (χ0) is 22.5. The van der Waals surface area contributed by atoms with Gasteiger partial charge in [0.15, 0.2) is 0 Å². The first-order chi connectivity index (χ1) is 15.5. The predicted molar refractivity (Wildman–Crippen MR) is 128 cm³/mol. The number of carbonyl (C=O) groups is 1. The molecule has 0 saturated heterocycles. The molecule has 0 saturated carbocycles. The van der Waals surface area contributed by atoms with Crippen LogP contribution in [0.25, 0.3) is 10.9 Å². The Bertz CT molecular complexity index is 1310. The first-order valence-electron chi connectivity index (χ1n) is 10.6. The van der Waals surface area contributed by atoms with Crippen LogP contribution in [0.3, 0.4) is 0 Å². The molecule has 5 heteroatoms. The van der Waals surface area contributed by atoms with Crippen molar-refractivity contribution >= 4 is 22.5 Å². The summed E-state index contributed by atoms with van der Waals surface area (Å²) in [5, 5.41) is 3.82. The van der Waals surface area contributed by atoms with E-state index in [1.807, 2.05) is 61.5 Å². The van der Waals surface area contributed by atoms with Crippen molar-refractivity contribution in [3.8, 4) is 5.75 Å². The lowest BCUT2D eigenvalue weighted by atomic mass is 10.0. The van der Waals surface area contributed by atoms with Crippen LogP contribution < -0.4 is 15.6 Å². The van der Waals surface area contributed by atoms with Gasteiger partial charge < -0.3 is 10.1 Å². The Kier molecular flexibility index (Phi) is 6.36. The van der Waals surface area contributed by atoms with Crippen molar-refractivity contribution in [1.82, 2.24) is 4.57 Å². The summed E-state index contributed by atoms with van der Waals surface area (Å²) in [5.74, 6) is 0.296. The molecule has 1 aromatic heterocycles. The summed E-state index contributed by atoms with van der Waals surface area (Å²) in [6, 6.07) is 25.3. The summed E-state index contributed by atoms with van der Waals surface area (Å²) in [6.45, 7) is 1.91. The van der Waals surface area contributed by atoms with E-state index in [1.165, 1.54) is 5.56 Å². The average molecular weight is 427 g/mol. The molecule has 32 heavy (non-hydrogen) atoms. The van der Waals surface area contributed by atoms with Gasteiger partial charge in [0.2, 0.25) is 5.91 Å². The van der Waals surface area contributed by atoms with Crippen molar-refractivity contribution in [3.63, 3.8) is 0 Å². The number of amides is 1. The van der Waals surface area contributed by atoms with Gasteiger partial charge >= 0.3 is 0 Å². The average Bonchev–Trinajstić information content (AvgIpc) is 2.81. The van der Waals surface area contributed by atoms with Gasteiger partial charge in [-0.05, 0) is 60.5 Å². The number of nitrogens with zero attached hydrogens (tertiary/aromatic N) is 1. The second-order valence-electron chi connectivity index (χ2n) is 7.86. The van der Waals surface area contributed by atoms with E-state index in [0.717, 1.165) is 22.9 Å². The SMILES string of the molecule is COc1ccccc1NC(=O)Cn1c(=O)c(CCc2ccccc2)cc2ccc(C)cc21. The predicted octanol–water partition coefficient (Wildman–Crippen LogP) is 4.74. The molecule has 0 spiro atoms. The third-order valence-corrected chi connectivity index (χ3v) is 5.53. The van der Waals surface area contributed by atoms with Crippen molar-refractivity contribution < 1.29 is 9.53 Å². The molecule has 0 bridgehead atoms. The number of anilines is 1. The molecule has 0 fully saturated rings. The number of aryl methyl sites for hydroxylation is 3. The van der Waals surface area contributed by atoms with Gasteiger partial charge in [0.25, 0.3) is 5.56 Å². The molecule has 0 radical (unpaired) electrons. The molecule has 162 valence electrons. The van der Waals surface area contributed by atoms with Crippen LogP contribution in [0.4, 0.5) is 5.69 Å². The normalized spacial score (nSPS) is 10.8. The van der Waals surface area contributed by atoms with Crippen molar-refractivity contribution in [3.05, 3.63) is 106 Å². The Morgan fingerprint density at radius 1 is 0.938 bits per heavy atom. The number of benzene rings is 3. The summed E-state index contributed by atoms with van der Waals surface area (Å²) in [6.07, 6.45) is 1.38. The summed E-state index contributed by atoms with van der Waals surface area (Å²) in [5.41, 5.74) is 4.12. The van der Waals surface area contributed by atoms with Crippen molar-refractivity contribution in [2.45, 2.75) is 26.3 Å². The van der Waals surface area contributed by atoms with Gasteiger partial charge in [-0.15, -0.1) is 0 Å². The number of carbonyl (C=O) groups excluding carboxylic acids is 1.